The summed E-state index contributed by atoms with van der Waals surface area (Å²) in [4.78, 5) is 83.1. The van der Waals surface area contributed by atoms with E-state index in [1.165, 1.54) is 58.9 Å². The van der Waals surface area contributed by atoms with Crippen molar-refractivity contribution < 1.29 is 72.5 Å². The molecule has 3 amide bonds. The van der Waals surface area contributed by atoms with E-state index in [0.717, 1.165) is 25.7 Å². The van der Waals surface area contributed by atoms with Gasteiger partial charge in [0, 0.05) is 98.2 Å². The predicted molar refractivity (Wildman–Crippen MR) is 310 cm³/mol. The summed E-state index contributed by atoms with van der Waals surface area (Å²) < 4.78 is 147. The monoisotopic (exact) mass is 1330 g/mol. The number of ether oxygens (including phenoxy) is 3. The largest absolute Gasteiger partial charge is 0.458 e. The molecule has 24 nitrogen and oxygen atoms in total. The SMILES string of the molecule is Cc1ccc(-n2nccn2)c(C(=O)N2C3CCC2C(Oc2ncc(C(F)(F)F)cn2)C3)n1.O=C(c1c(F)cccc1-c1ncccn1)N1C2CCC1C(Oc1ncc(C(F)(F)F)cn1)C2.O=C(c1ccccc1-n1nccn1)N1C2CCC1C(Oc1ncc(C(F)(F)F)cn1)C2. The van der Waals surface area contributed by atoms with E-state index >= 15 is 0 Å². The maximum absolute atomic E-state index is 14.8. The van der Waals surface area contributed by atoms with Crippen molar-refractivity contribution in [3.8, 4) is 40.8 Å². The first-order valence-electron chi connectivity index (χ1n) is 30.1. The van der Waals surface area contributed by atoms with Gasteiger partial charge in [-0.15, -0.1) is 4.80 Å². The van der Waals surface area contributed by atoms with Gasteiger partial charge in [0.15, 0.2) is 11.5 Å². The number of aryl methyl sites for hydroxylation is 1. The molecule has 7 aromatic heterocycles. The molecule has 496 valence electrons. The number of para-hydroxylation sites is 1. The Bertz CT molecular complexity index is 4260. The average Bonchev–Trinajstić information content (AvgIpc) is 1.61. The molecule has 15 rings (SSSR count). The number of nitrogens with zero attached hydrogens (tertiary/aromatic N) is 18. The normalized spacial score (nSPS) is 22.3. The highest BCUT2D eigenvalue weighted by molar-refractivity contribution is 6.01. The molecule has 0 aliphatic carbocycles. The molecule has 0 N–H and O–H groups in total. The fourth-order valence-corrected chi connectivity index (χ4v) is 13.2. The first-order chi connectivity index (χ1) is 46.0. The quantitative estimate of drug-likeness (QED) is 0.103. The van der Waals surface area contributed by atoms with Crippen molar-refractivity contribution in [3.63, 3.8) is 0 Å². The van der Waals surface area contributed by atoms with E-state index in [4.69, 9.17) is 14.2 Å². The summed E-state index contributed by atoms with van der Waals surface area (Å²) in [6.07, 6.45) is 4.35. The number of carbonyl (C=O) groups excluding carboxylic acids is 3. The van der Waals surface area contributed by atoms with Gasteiger partial charge >= 0.3 is 36.6 Å². The number of carbonyl (C=O) groups is 3. The Morgan fingerprint density at radius 1 is 0.448 bits per heavy atom. The van der Waals surface area contributed by atoms with E-state index in [-0.39, 0.29) is 94.8 Å². The molecule has 6 fully saturated rings. The standard InChI is InChI=1S/C22H17F4N5O2.C20H18F3N7O2.C20H17F3N6O2/c23-15-4-1-3-14(19-27-7-2-8-28-19)18(15)20(32)31-13-5-6-16(31)17(9-13)33-21-29-10-12(11-30-21)22(24,25)26;1-11-2-4-15(30-26-6-7-27-30)17(28-11)18(31)29-13-3-5-14(29)16(8-13)32-19-24-9-12(10-25-19)20(21,22)23;21-20(22,23)12-10-24-19(25-11-12)31-17-9-13-5-6-16(17)28(13)18(30)14-3-1-2-4-15(14)29-26-7-8-27-29/h1-4,7-8,10-11,13,16-17H,5-6,9H2;2,4,6-7,9-10,13-14,16H,3,5,8H2,1H3;1-4,7-8,10-11,13,16-17H,5-6,9H2. The Kier molecular flexibility index (Phi) is 17.3. The molecule has 0 saturated carbocycles. The van der Waals surface area contributed by atoms with Crippen LogP contribution in [0.15, 0.2) is 135 Å². The summed E-state index contributed by atoms with van der Waals surface area (Å²) in [6, 6.07) is 15.0. The summed E-state index contributed by atoms with van der Waals surface area (Å²) in [5.74, 6) is -1.35. The van der Waals surface area contributed by atoms with Crippen LogP contribution in [0.4, 0.5) is 43.9 Å². The average molecular weight is 1340 g/mol. The highest BCUT2D eigenvalue weighted by Crippen LogP contribution is 2.45. The van der Waals surface area contributed by atoms with Crippen LogP contribution in [-0.2, 0) is 18.5 Å². The van der Waals surface area contributed by atoms with Gasteiger partial charge < -0.3 is 28.9 Å². The minimum Gasteiger partial charge on any atom is -0.458 e. The molecule has 6 aliphatic rings. The number of aromatic nitrogens is 15. The molecular formula is C62H52F10N18O6. The molecule has 6 aliphatic heterocycles. The number of alkyl halides is 9. The molecule has 96 heavy (non-hydrogen) atoms. The van der Waals surface area contributed by atoms with Crippen LogP contribution in [0, 0.1) is 12.7 Å². The van der Waals surface area contributed by atoms with E-state index in [1.807, 2.05) is 6.07 Å². The number of hydrogen-bond acceptors (Lipinski definition) is 19. The Morgan fingerprint density at radius 2 is 0.865 bits per heavy atom. The maximum atomic E-state index is 14.8. The van der Waals surface area contributed by atoms with Crippen LogP contribution in [0.25, 0.3) is 22.8 Å². The van der Waals surface area contributed by atoms with Gasteiger partial charge in [-0.2, -0.15) is 64.7 Å². The zero-order chi connectivity index (χ0) is 67.2. The smallest absolute Gasteiger partial charge is 0.419 e. The Labute approximate surface area is 536 Å². The predicted octanol–water partition coefficient (Wildman–Crippen LogP) is 9.42. The maximum Gasteiger partial charge on any atom is 0.419 e. The Morgan fingerprint density at radius 3 is 1.31 bits per heavy atom. The second kappa shape index (κ2) is 25.9. The third kappa shape index (κ3) is 13.0. The van der Waals surface area contributed by atoms with Gasteiger partial charge in [0.05, 0.1) is 76.4 Å². The number of hydrogen-bond donors (Lipinski definition) is 0. The van der Waals surface area contributed by atoms with Crippen molar-refractivity contribution in [2.75, 3.05) is 0 Å². The molecule has 9 atom stereocenters. The van der Waals surface area contributed by atoms with Crippen molar-refractivity contribution in [2.45, 2.75) is 138 Å². The first-order valence-corrected chi connectivity index (χ1v) is 30.1. The van der Waals surface area contributed by atoms with Crippen molar-refractivity contribution in [2.24, 2.45) is 0 Å². The minimum atomic E-state index is -4.55. The molecule has 6 saturated heterocycles. The van der Waals surface area contributed by atoms with E-state index in [1.54, 1.807) is 64.1 Å². The number of amides is 3. The Hall–Kier alpha value is -10.7. The fourth-order valence-electron chi connectivity index (χ4n) is 13.2. The van der Waals surface area contributed by atoms with Crippen molar-refractivity contribution in [1.82, 2.24) is 89.5 Å². The highest BCUT2D eigenvalue weighted by Gasteiger charge is 2.54. The van der Waals surface area contributed by atoms with Gasteiger partial charge in [0.25, 0.3) is 17.7 Å². The zero-order valence-corrected chi connectivity index (χ0v) is 50.0. The van der Waals surface area contributed by atoms with Gasteiger partial charge in [-0.25, -0.2) is 49.2 Å². The van der Waals surface area contributed by atoms with Gasteiger partial charge in [-0.3, -0.25) is 14.4 Å². The van der Waals surface area contributed by atoms with Gasteiger partial charge in [0.1, 0.15) is 29.8 Å². The van der Waals surface area contributed by atoms with Crippen LogP contribution in [-0.4, -0.2) is 162 Å². The van der Waals surface area contributed by atoms with Crippen molar-refractivity contribution in [3.05, 3.63) is 180 Å². The highest BCUT2D eigenvalue weighted by atomic mass is 19.4. The van der Waals surface area contributed by atoms with E-state index in [0.29, 0.717) is 91.9 Å². The number of pyridine rings is 1. The van der Waals surface area contributed by atoms with Gasteiger partial charge in [-0.1, -0.05) is 24.3 Å². The molecule has 9 unspecified atom stereocenters. The lowest BCUT2D eigenvalue weighted by molar-refractivity contribution is -0.139. The summed E-state index contributed by atoms with van der Waals surface area (Å²) >= 11 is 0. The summed E-state index contributed by atoms with van der Waals surface area (Å²) in [7, 11) is 0. The van der Waals surface area contributed by atoms with Crippen LogP contribution in [0.1, 0.15) is 111 Å². The van der Waals surface area contributed by atoms with Crippen molar-refractivity contribution >= 4 is 17.7 Å². The summed E-state index contributed by atoms with van der Waals surface area (Å²) in [6.45, 7) is 1.80. The van der Waals surface area contributed by atoms with E-state index in [2.05, 4.69) is 65.3 Å². The van der Waals surface area contributed by atoms with Crippen LogP contribution < -0.4 is 14.2 Å². The lowest BCUT2D eigenvalue weighted by Gasteiger charge is -2.25. The van der Waals surface area contributed by atoms with Crippen LogP contribution in [0.5, 0.6) is 18.0 Å². The molecular weight excluding hydrogens is 1280 g/mol. The van der Waals surface area contributed by atoms with Gasteiger partial charge in [-0.05, 0) is 81.8 Å². The molecule has 13 heterocycles. The lowest BCUT2D eigenvalue weighted by Crippen LogP contribution is -2.40. The number of benzene rings is 2. The van der Waals surface area contributed by atoms with E-state index in [9.17, 15) is 58.3 Å². The molecule has 0 radical (unpaired) electrons. The number of fused-ring (bicyclic) bond motifs is 6. The molecule has 6 bridgehead atoms. The zero-order valence-electron chi connectivity index (χ0n) is 50.0. The topological polar surface area (TPSA) is 266 Å². The molecule has 9 aromatic rings. The lowest BCUT2D eigenvalue weighted by atomic mass is 9.98. The second-order valence-corrected chi connectivity index (χ2v) is 23.2. The van der Waals surface area contributed by atoms with Crippen LogP contribution in [0.3, 0.4) is 0 Å². The van der Waals surface area contributed by atoms with Crippen LogP contribution >= 0.6 is 0 Å². The van der Waals surface area contributed by atoms with E-state index < -0.39 is 59.2 Å². The number of rotatable bonds is 12. The fraction of sp³-hybridized carbons (Fsp3) is 0.355. The molecule has 2 aromatic carbocycles. The minimum absolute atomic E-state index is 0.0180. The Balaban J connectivity index is 0.000000130. The first kappa shape index (κ1) is 64.0. The van der Waals surface area contributed by atoms with Crippen molar-refractivity contribution in [1.29, 1.82) is 0 Å². The molecule has 0 spiro atoms. The second-order valence-electron chi connectivity index (χ2n) is 23.2. The third-order valence-corrected chi connectivity index (χ3v) is 17.4. The number of halogens is 10. The summed E-state index contributed by atoms with van der Waals surface area (Å²) in [5, 5.41) is 16.5. The third-order valence-electron chi connectivity index (χ3n) is 17.4. The summed E-state index contributed by atoms with van der Waals surface area (Å²) in [5.41, 5.74) is -0.244. The molecule has 34 heteroatoms. The van der Waals surface area contributed by atoms with Gasteiger partial charge in [0.2, 0.25) is 0 Å². The van der Waals surface area contributed by atoms with Crippen LogP contribution in [0.2, 0.25) is 0 Å².